The number of carbonyl (C=O) groups excluding carboxylic acids is 2. The van der Waals surface area contributed by atoms with Gasteiger partial charge in [-0.15, -0.1) is 11.3 Å². The minimum absolute atomic E-state index is 0.0204. The second-order valence-electron chi connectivity index (χ2n) is 8.06. The Labute approximate surface area is 176 Å². The molecule has 2 aliphatic heterocycles. The summed E-state index contributed by atoms with van der Waals surface area (Å²) in [6.07, 6.45) is 2.60. The molecule has 154 valence electrons. The van der Waals surface area contributed by atoms with E-state index in [1.807, 2.05) is 46.7 Å². The van der Waals surface area contributed by atoms with Crippen molar-refractivity contribution >= 4 is 23.2 Å². The van der Waals surface area contributed by atoms with Crippen molar-refractivity contribution in [1.82, 2.24) is 10.2 Å². The summed E-state index contributed by atoms with van der Waals surface area (Å²) in [6.45, 7) is 5.06. The zero-order valence-corrected chi connectivity index (χ0v) is 17.7. The number of ether oxygens (including phenoxy) is 1. The van der Waals surface area contributed by atoms with E-state index in [1.165, 1.54) is 5.56 Å². The Hall–Kier alpha value is -2.18. The van der Waals surface area contributed by atoms with E-state index < -0.39 is 0 Å². The van der Waals surface area contributed by atoms with Crippen LogP contribution in [0.15, 0.2) is 41.8 Å². The van der Waals surface area contributed by atoms with Crippen LogP contribution in [0.3, 0.4) is 0 Å². The molecule has 1 atom stereocenters. The van der Waals surface area contributed by atoms with Gasteiger partial charge < -0.3 is 15.0 Å². The molecule has 2 aliphatic rings. The van der Waals surface area contributed by atoms with Gasteiger partial charge in [0, 0.05) is 42.2 Å². The number of aryl methyl sites for hydroxylation is 1. The van der Waals surface area contributed by atoms with E-state index in [-0.39, 0.29) is 23.1 Å². The van der Waals surface area contributed by atoms with Crippen LogP contribution in [-0.2, 0) is 22.5 Å². The summed E-state index contributed by atoms with van der Waals surface area (Å²) in [6, 6.07) is 11.9. The highest BCUT2D eigenvalue weighted by Crippen LogP contribution is 2.44. The van der Waals surface area contributed by atoms with Gasteiger partial charge in [-0.25, -0.2) is 0 Å². The fourth-order valence-electron chi connectivity index (χ4n) is 4.55. The van der Waals surface area contributed by atoms with Gasteiger partial charge in [-0.05, 0) is 48.4 Å². The van der Waals surface area contributed by atoms with Crippen molar-refractivity contribution in [3.63, 3.8) is 0 Å². The van der Waals surface area contributed by atoms with Gasteiger partial charge in [-0.1, -0.05) is 25.1 Å². The second kappa shape index (κ2) is 8.67. The number of hydrogen-bond donors (Lipinski definition) is 1. The SMILES string of the molecule is CCc1ccc(C(=O)N2CC(C(=O)NCc3cccs3)C3(CCOCC3)C2)cc1. The third-order valence-corrected chi connectivity index (χ3v) is 7.24. The highest BCUT2D eigenvalue weighted by molar-refractivity contribution is 7.09. The Bertz CT molecular complexity index is 842. The third kappa shape index (κ3) is 4.23. The van der Waals surface area contributed by atoms with E-state index >= 15 is 0 Å². The van der Waals surface area contributed by atoms with Gasteiger partial charge in [0.25, 0.3) is 5.91 Å². The van der Waals surface area contributed by atoms with Crippen LogP contribution in [0.2, 0.25) is 0 Å². The van der Waals surface area contributed by atoms with Gasteiger partial charge in [0.05, 0.1) is 12.5 Å². The summed E-state index contributed by atoms with van der Waals surface area (Å²) >= 11 is 1.64. The normalized spacial score (nSPS) is 20.7. The van der Waals surface area contributed by atoms with Crippen LogP contribution in [0.1, 0.15) is 40.6 Å². The van der Waals surface area contributed by atoms with Gasteiger partial charge in [0.2, 0.25) is 5.91 Å². The first-order valence-corrected chi connectivity index (χ1v) is 11.3. The molecule has 1 unspecified atom stereocenters. The number of nitrogens with zero attached hydrogens (tertiary/aromatic N) is 1. The summed E-state index contributed by atoms with van der Waals surface area (Å²) in [7, 11) is 0. The molecule has 1 aromatic heterocycles. The number of carbonyl (C=O) groups is 2. The highest BCUT2D eigenvalue weighted by Gasteiger charge is 2.51. The van der Waals surface area contributed by atoms with Crippen LogP contribution in [-0.4, -0.2) is 43.0 Å². The number of amides is 2. The molecule has 29 heavy (non-hydrogen) atoms. The van der Waals surface area contributed by atoms with Crippen molar-refractivity contribution in [3.05, 3.63) is 57.8 Å². The molecule has 2 saturated heterocycles. The Kier molecular flexibility index (Phi) is 6.01. The molecule has 0 bridgehead atoms. The lowest BCUT2D eigenvalue weighted by molar-refractivity contribution is -0.130. The molecule has 3 heterocycles. The average Bonchev–Trinajstić information content (AvgIpc) is 3.40. The summed E-state index contributed by atoms with van der Waals surface area (Å²) < 4.78 is 5.58. The van der Waals surface area contributed by atoms with Gasteiger partial charge in [-0.3, -0.25) is 9.59 Å². The van der Waals surface area contributed by atoms with Crippen molar-refractivity contribution in [3.8, 4) is 0 Å². The number of benzene rings is 1. The Morgan fingerprint density at radius 1 is 1.21 bits per heavy atom. The maximum Gasteiger partial charge on any atom is 0.253 e. The lowest BCUT2D eigenvalue weighted by Crippen LogP contribution is -2.44. The van der Waals surface area contributed by atoms with Crippen molar-refractivity contribution in [2.45, 2.75) is 32.7 Å². The third-order valence-electron chi connectivity index (χ3n) is 6.37. The van der Waals surface area contributed by atoms with Gasteiger partial charge >= 0.3 is 0 Å². The summed E-state index contributed by atoms with van der Waals surface area (Å²) in [5, 5.41) is 5.12. The second-order valence-corrected chi connectivity index (χ2v) is 9.09. The van der Waals surface area contributed by atoms with E-state index in [9.17, 15) is 9.59 Å². The fourth-order valence-corrected chi connectivity index (χ4v) is 5.19. The highest BCUT2D eigenvalue weighted by atomic mass is 32.1. The molecule has 1 aromatic carbocycles. The van der Waals surface area contributed by atoms with Crippen molar-refractivity contribution in [2.75, 3.05) is 26.3 Å². The van der Waals surface area contributed by atoms with Crippen LogP contribution in [0.25, 0.3) is 0 Å². The summed E-state index contributed by atoms with van der Waals surface area (Å²) in [4.78, 5) is 29.3. The minimum atomic E-state index is -0.190. The van der Waals surface area contributed by atoms with Crippen LogP contribution in [0.4, 0.5) is 0 Å². The predicted octanol–water partition coefficient (Wildman–Crippen LogP) is 3.50. The zero-order valence-electron chi connectivity index (χ0n) is 16.9. The van der Waals surface area contributed by atoms with Crippen LogP contribution < -0.4 is 5.32 Å². The van der Waals surface area contributed by atoms with Crippen molar-refractivity contribution < 1.29 is 14.3 Å². The molecule has 0 aliphatic carbocycles. The standard InChI is InChI=1S/C23H28N2O3S/c1-2-17-5-7-18(8-6-17)22(27)25-15-20(23(16-25)9-11-28-12-10-23)21(26)24-14-19-4-3-13-29-19/h3-8,13,20H,2,9-12,14-16H2,1H3,(H,24,26). The summed E-state index contributed by atoms with van der Waals surface area (Å²) in [5.74, 6) is -0.116. The fraction of sp³-hybridized carbons (Fsp3) is 0.478. The van der Waals surface area contributed by atoms with E-state index in [1.54, 1.807) is 11.3 Å². The Balaban J connectivity index is 1.50. The van der Waals surface area contributed by atoms with Gasteiger partial charge in [0.15, 0.2) is 0 Å². The lowest BCUT2D eigenvalue weighted by atomic mass is 9.72. The number of nitrogens with one attached hydrogen (secondary N) is 1. The molecular formula is C23H28N2O3S. The van der Waals surface area contributed by atoms with E-state index in [0.29, 0.717) is 38.4 Å². The van der Waals surface area contributed by atoms with Gasteiger partial charge in [-0.2, -0.15) is 0 Å². The van der Waals surface area contributed by atoms with E-state index in [2.05, 4.69) is 12.2 Å². The number of rotatable bonds is 5. The predicted molar refractivity (Wildman–Crippen MR) is 114 cm³/mol. The monoisotopic (exact) mass is 412 g/mol. The van der Waals surface area contributed by atoms with E-state index in [4.69, 9.17) is 4.74 Å². The molecule has 0 radical (unpaired) electrons. The quantitative estimate of drug-likeness (QED) is 0.818. The minimum Gasteiger partial charge on any atom is -0.381 e. The number of likely N-dealkylation sites (tertiary alicyclic amines) is 1. The van der Waals surface area contributed by atoms with Crippen LogP contribution in [0.5, 0.6) is 0 Å². The zero-order chi connectivity index (χ0) is 20.3. The van der Waals surface area contributed by atoms with Gasteiger partial charge in [0.1, 0.15) is 0 Å². The molecular weight excluding hydrogens is 384 g/mol. The van der Waals surface area contributed by atoms with Crippen molar-refractivity contribution in [2.24, 2.45) is 11.3 Å². The summed E-state index contributed by atoms with van der Waals surface area (Å²) in [5.41, 5.74) is 1.73. The lowest BCUT2D eigenvalue weighted by Gasteiger charge is -2.37. The Morgan fingerprint density at radius 2 is 1.97 bits per heavy atom. The molecule has 2 amide bonds. The first kappa shape index (κ1) is 20.1. The van der Waals surface area contributed by atoms with E-state index in [0.717, 1.165) is 24.1 Å². The molecule has 1 spiro atoms. The van der Waals surface area contributed by atoms with Crippen LogP contribution in [0, 0.1) is 11.3 Å². The molecule has 2 fully saturated rings. The van der Waals surface area contributed by atoms with Crippen molar-refractivity contribution in [1.29, 1.82) is 0 Å². The molecule has 2 aromatic rings. The number of thiophene rings is 1. The van der Waals surface area contributed by atoms with Crippen LogP contribution >= 0.6 is 11.3 Å². The molecule has 1 N–H and O–H groups in total. The topological polar surface area (TPSA) is 58.6 Å². The molecule has 0 saturated carbocycles. The molecule has 5 nitrogen and oxygen atoms in total. The molecule has 4 rings (SSSR count). The smallest absolute Gasteiger partial charge is 0.253 e. The average molecular weight is 413 g/mol. The molecule has 6 heteroatoms. The number of hydrogen-bond acceptors (Lipinski definition) is 4. The first-order chi connectivity index (χ1) is 14.1. The first-order valence-electron chi connectivity index (χ1n) is 10.4. The Morgan fingerprint density at radius 3 is 2.62 bits per heavy atom. The largest absolute Gasteiger partial charge is 0.381 e. The maximum absolute atomic E-state index is 13.1. The maximum atomic E-state index is 13.1.